The normalized spacial score (nSPS) is 10.2. The number of anilines is 1. The second-order valence-electron chi connectivity index (χ2n) is 4.60. The fourth-order valence-corrected chi connectivity index (χ4v) is 2.14. The van der Waals surface area contributed by atoms with Crippen molar-refractivity contribution in [1.82, 2.24) is 5.32 Å². The van der Waals surface area contributed by atoms with Crippen LogP contribution in [0.2, 0.25) is 5.02 Å². The molecule has 0 fully saturated rings. The summed E-state index contributed by atoms with van der Waals surface area (Å²) in [6.45, 7) is 2.60. The lowest BCUT2D eigenvalue weighted by atomic mass is 10.1. The first-order valence-electron chi connectivity index (χ1n) is 6.59. The van der Waals surface area contributed by atoms with Gasteiger partial charge in [0.2, 0.25) is 0 Å². The Morgan fingerprint density at radius 3 is 2.76 bits per heavy atom. The zero-order valence-corrected chi connectivity index (χ0v) is 12.5. The van der Waals surface area contributed by atoms with Crippen molar-refractivity contribution in [3.05, 3.63) is 58.6 Å². The summed E-state index contributed by atoms with van der Waals surface area (Å²) < 4.78 is 5.51. The second kappa shape index (κ2) is 6.99. The number of nitrogen functional groups attached to an aromatic ring is 1. The van der Waals surface area contributed by atoms with Gasteiger partial charge in [0.25, 0.3) is 5.91 Å². The van der Waals surface area contributed by atoms with Crippen molar-refractivity contribution in [2.45, 2.75) is 6.92 Å². The maximum absolute atomic E-state index is 12.0. The highest BCUT2D eigenvalue weighted by Gasteiger charge is 2.08. The largest absolute Gasteiger partial charge is 0.490 e. The lowest BCUT2D eigenvalue weighted by Gasteiger charge is -2.10. The highest BCUT2D eigenvalue weighted by atomic mass is 35.5. The minimum absolute atomic E-state index is 0.145. The summed E-state index contributed by atoms with van der Waals surface area (Å²) in [5, 5.41) is 3.42. The monoisotopic (exact) mass is 304 g/mol. The van der Waals surface area contributed by atoms with E-state index in [1.165, 1.54) is 0 Å². The fourth-order valence-electron chi connectivity index (χ4n) is 1.91. The van der Waals surface area contributed by atoms with Gasteiger partial charge < -0.3 is 15.8 Å². The van der Waals surface area contributed by atoms with Crippen molar-refractivity contribution >= 4 is 23.2 Å². The van der Waals surface area contributed by atoms with Crippen LogP contribution in [0.15, 0.2) is 42.5 Å². The minimum atomic E-state index is -0.145. The lowest BCUT2D eigenvalue weighted by Crippen LogP contribution is -2.28. The molecule has 0 saturated carbocycles. The third-order valence-corrected chi connectivity index (χ3v) is 3.23. The first-order chi connectivity index (χ1) is 10.1. The number of amides is 1. The quantitative estimate of drug-likeness (QED) is 0.659. The smallest absolute Gasteiger partial charge is 0.251 e. The van der Waals surface area contributed by atoms with Crippen LogP contribution in [0.4, 0.5) is 5.69 Å². The zero-order chi connectivity index (χ0) is 15.2. The average molecular weight is 305 g/mol. The Bertz CT molecular complexity index is 644. The summed E-state index contributed by atoms with van der Waals surface area (Å²) in [4.78, 5) is 12.0. The molecule has 0 bridgehead atoms. The molecule has 5 heteroatoms. The van der Waals surface area contributed by atoms with Crippen molar-refractivity contribution in [3.63, 3.8) is 0 Å². The van der Waals surface area contributed by atoms with Gasteiger partial charge in [0.1, 0.15) is 12.4 Å². The van der Waals surface area contributed by atoms with Gasteiger partial charge in [0.05, 0.1) is 12.2 Å². The molecule has 2 rings (SSSR count). The Kier molecular flexibility index (Phi) is 5.06. The van der Waals surface area contributed by atoms with Gasteiger partial charge in [0, 0.05) is 10.6 Å². The molecule has 0 atom stereocenters. The number of carbonyl (C=O) groups excluding carboxylic acids is 1. The number of carbonyl (C=O) groups is 1. The molecule has 0 radical (unpaired) electrons. The topological polar surface area (TPSA) is 64.3 Å². The number of halogens is 1. The van der Waals surface area contributed by atoms with Gasteiger partial charge in [-0.3, -0.25) is 4.79 Å². The molecule has 0 spiro atoms. The van der Waals surface area contributed by atoms with E-state index in [1.54, 1.807) is 30.3 Å². The first-order valence-corrected chi connectivity index (χ1v) is 6.97. The average Bonchev–Trinajstić information content (AvgIpc) is 2.45. The minimum Gasteiger partial charge on any atom is -0.490 e. The van der Waals surface area contributed by atoms with Crippen molar-refractivity contribution in [3.8, 4) is 5.75 Å². The molecule has 0 saturated heterocycles. The van der Waals surface area contributed by atoms with Crippen molar-refractivity contribution < 1.29 is 9.53 Å². The number of nitrogens with two attached hydrogens (primary N) is 1. The molecule has 1 amide bonds. The Morgan fingerprint density at radius 2 is 2.05 bits per heavy atom. The zero-order valence-electron chi connectivity index (χ0n) is 11.7. The number of rotatable bonds is 5. The number of ether oxygens (including phenoxy) is 1. The number of nitrogens with one attached hydrogen (secondary N) is 1. The number of para-hydroxylation sites is 2. The maximum atomic E-state index is 12.0. The predicted molar refractivity (Wildman–Crippen MR) is 84.9 cm³/mol. The third-order valence-electron chi connectivity index (χ3n) is 3.00. The maximum Gasteiger partial charge on any atom is 0.251 e. The summed E-state index contributed by atoms with van der Waals surface area (Å²) in [5.41, 5.74) is 7.79. The molecule has 0 aliphatic carbocycles. The molecule has 2 aromatic carbocycles. The van der Waals surface area contributed by atoms with Crippen LogP contribution >= 0.6 is 11.6 Å². The molecule has 110 valence electrons. The summed E-state index contributed by atoms with van der Waals surface area (Å²) in [6, 6.07) is 12.4. The molecule has 3 N–H and O–H groups in total. The van der Waals surface area contributed by atoms with Crippen LogP contribution in [0.25, 0.3) is 0 Å². The van der Waals surface area contributed by atoms with E-state index in [-0.39, 0.29) is 5.91 Å². The van der Waals surface area contributed by atoms with E-state index in [9.17, 15) is 4.79 Å². The number of aryl methyl sites for hydroxylation is 1. The van der Waals surface area contributed by atoms with Crippen LogP contribution < -0.4 is 15.8 Å². The van der Waals surface area contributed by atoms with E-state index in [4.69, 9.17) is 22.1 Å². The molecule has 0 heterocycles. The van der Waals surface area contributed by atoms with E-state index < -0.39 is 0 Å². The molecular formula is C16H17ClN2O2. The predicted octanol–water partition coefficient (Wildman–Crippen LogP) is 3.04. The Labute approximate surface area is 128 Å². The van der Waals surface area contributed by atoms with Crippen molar-refractivity contribution in [2.24, 2.45) is 0 Å². The van der Waals surface area contributed by atoms with Gasteiger partial charge in [-0.25, -0.2) is 0 Å². The SMILES string of the molecule is Cc1cc(Cl)ccc1C(=O)NCCOc1ccccc1N. The van der Waals surface area contributed by atoms with Crippen molar-refractivity contribution in [1.29, 1.82) is 0 Å². The molecular weight excluding hydrogens is 288 g/mol. The summed E-state index contributed by atoms with van der Waals surface area (Å²) in [5.74, 6) is 0.475. The third kappa shape index (κ3) is 4.13. The summed E-state index contributed by atoms with van der Waals surface area (Å²) in [6.07, 6.45) is 0. The Morgan fingerprint density at radius 1 is 1.29 bits per heavy atom. The molecule has 0 aliphatic heterocycles. The van der Waals surface area contributed by atoms with Gasteiger partial charge in [-0.05, 0) is 42.8 Å². The molecule has 0 unspecified atom stereocenters. The Hall–Kier alpha value is -2.20. The van der Waals surface area contributed by atoms with Crippen LogP contribution in [0, 0.1) is 6.92 Å². The van der Waals surface area contributed by atoms with Gasteiger partial charge in [-0.2, -0.15) is 0 Å². The number of benzene rings is 2. The van der Waals surface area contributed by atoms with E-state index >= 15 is 0 Å². The van der Waals surface area contributed by atoms with Crippen LogP contribution in [-0.4, -0.2) is 19.1 Å². The van der Waals surface area contributed by atoms with E-state index in [2.05, 4.69) is 5.32 Å². The summed E-state index contributed by atoms with van der Waals surface area (Å²) in [7, 11) is 0. The second-order valence-corrected chi connectivity index (χ2v) is 5.04. The van der Waals surface area contributed by atoms with E-state index in [1.807, 2.05) is 19.1 Å². The molecule has 0 aliphatic rings. The van der Waals surface area contributed by atoms with E-state index in [0.717, 1.165) is 5.56 Å². The van der Waals surface area contributed by atoms with E-state index in [0.29, 0.717) is 35.2 Å². The molecule has 0 aromatic heterocycles. The van der Waals surface area contributed by atoms with Crippen LogP contribution in [-0.2, 0) is 0 Å². The number of hydrogen-bond donors (Lipinski definition) is 2. The highest BCUT2D eigenvalue weighted by molar-refractivity contribution is 6.30. The number of hydrogen-bond acceptors (Lipinski definition) is 3. The standard InChI is InChI=1S/C16H17ClN2O2/c1-11-10-12(17)6-7-13(11)16(20)19-8-9-21-15-5-3-2-4-14(15)18/h2-7,10H,8-9,18H2,1H3,(H,19,20). The van der Waals surface area contributed by atoms with Gasteiger partial charge in [-0.15, -0.1) is 0 Å². The first kappa shape index (κ1) is 15.2. The van der Waals surface area contributed by atoms with Crippen LogP contribution in [0.3, 0.4) is 0 Å². The molecule has 2 aromatic rings. The van der Waals surface area contributed by atoms with Gasteiger partial charge >= 0.3 is 0 Å². The lowest BCUT2D eigenvalue weighted by molar-refractivity contribution is 0.0946. The van der Waals surface area contributed by atoms with Gasteiger partial charge in [0.15, 0.2) is 0 Å². The van der Waals surface area contributed by atoms with Crippen molar-refractivity contribution in [2.75, 3.05) is 18.9 Å². The van der Waals surface area contributed by atoms with Crippen LogP contribution in [0.5, 0.6) is 5.75 Å². The summed E-state index contributed by atoms with van der Waals surface area (Å²) >= 11 is 5.87. The van der Waals surface area contributed by atoms with Gasteiger partial charge in [-0.1, -0.05) is 23.7 Å². The molecule has 21 heavy (non-hydrogen) atoms. The highest BCUT2D eigenvalue weighted by Crippen LogP contribution is 2.19. The molecule has 4 nitrogen and oxygen atoms in total. The fraction of sp³-hybridized carbons (Fsp3) is 0.188. The van der Waals surface area contributed by atoms with Crippen LogP contribution in [0.1, 0.15) is 15.9 Å². The Balaban J connectivity index is 1.83.